The predicted octanol–water partition coefficient (Wildman–Crippen LogP) is 3.00. The van der Waals surface area contributed by atoms with Crippen molar-refractivity contribution >= 4 is 5.91 Å². The van der Waals surface area contributed by atoms with E-state index in [0.717, 1.165) is 45.1 Å². The van der Waals surface area contributed by atoms with Crippen molar-refractivity contribution in [3.8, 4) is 0 Å². The van der Waals surface area contributed by atoms with E-state index in [4.69, 9.17) is 4.74 Å². The summed E-state index contributed by atoms with van der Waals surface area (Å²) >= 11 is 0. The molecular formula is C22H43N3O2. The van der Waals surface area contributed by atoms with Crippen LogP contribution in [-0.4, -0.2) is 74.7 Å². The number of ether oxygens (including phenoxy) is 1. The molecule has 0 aromatic heterocycles. The molecule has 3 aliphatic heterocycles. The average Bonchev–Trinajstić information content (AvgIpc) is 2.61. The monoisotopic (exact) mass is 381 g/mol. The summed E-state index contributed by atoms with van der Waals surface area (Å²) < 4.78 is 5.61. The number of likely N-dealkylation sites (tertiary alicyclic amines) is 2. The van der Waals surface area contributed by atoms with Crippen LogP contribution in [0.1, 0.15) is 59.8 Å². The maximum Gasteiger partial charge on any atom is 0.222 e. The Kier molecular flexibility index (Phi) is 9.54. The molecule has 0 aromatic rings. The van der Waals surface area contributed by atoms with Gasteiger partial charge >= 0.3 is 0 Å². The molecule has 3 rings (SSSR count). The van der Waals surface area contributed by atoms with E-state index in [1.54, 1.807) is 0 Å². The topological polar surface area (TPSA) is 44.8 Å². The first-order valence-corrected chi connectivity index (χ1v) is 11.3. The Hall–Kier alpha value is -0.650. The van der Waals surface area contributed by atoms with Crippen LogP contribution >= 0.6 is 0 Å². The first-order valence-electron chi connectivity index (χ1n) is 11.3. The largest absolute Gasteiger partial charge is 0.381 e. The van der Waals surface area contributed by atoms with Crippen LogP contribution in [-0.2, 0) is 9.53 Å². The van der Waals surface area contributed by atoms with E-state index >= 15 is 0 Å². The Bertz CT molecular complexity index is 421. The highest BCUT2D eigenvalue weighted by atomic mass is 16.5. The molecule has 3 heterocycles. The summed E-state index contributed by atoms with van der Waals surface area (Å²) in [5, 5.41) is 3.40. The van der Waals surface area contributed by atoms with Gasteiger partial charge in [-0.3, -0.25) is 4.79 Å². The maximum atomic E-state index is 12.3. The Morgan fingerprint density at radius 3 is 2.37 bits per heavy atom. The van der Waals surface area contributed by atoms with Crippen molar-refractivity contribution in [3.63, 3.8) is 0 Å². The summed E-state index contributed by atoms with van der Waals surface area (Å²) in [7, 11) is 0. The van der Waals surface area contributed by atoms with Crippen LogP contribution < -0.4 is 5.32 Å². The molecule has 5 heteroatoms. The molecule has 0 radical (unpaired) electrons. The highest BCUT2D eigenvalue weighted by molar-refractivity contribution is 5.76. The lowest BCUT2D eigenvalue weighted by molar-refractivity contribution is -0.133. The number of carbonyl (C=O) groups excluding carboxylic acids is 1. The third kappa shape index (κ3) is 7.03. The number of nitrogens with zero attached hydrogens (tertiary/aromatic N) is 2. The SMILES string of the molecule is CC.CC(C)CCOCCCC(=O)N1CCC(CN2CC3(CNC3)C2)CC1. The van der Waals surface area contributed by atoms with Crippen LogP contribution in [0.2, 0.25) is 0 Å². The third-order valence-corrected chi connectivity index (χ3v) is 6.12. The summed E-state index contributed by atoms with van der Waals surface area (Å²) in [4.78, 5) is 17.0. The van der Waals surface area contributed by atoms with Crippen LogP contribution in [0, 0.1) is 17.3 Å². The highest BCUT2D eigenvalue weighted by Crippen LogP contribution is 2.35. The van der Waals surface area contributed by atoms with Gasteiger partial charge in [-0.15, -0.1) is 0 Å². The lowest BCUT2D eigenvalue weighted by Crippen LogP contribution is -2.71. The lowest BCUT2D eigenvalue weighted by atomic mass is 9.74. The zero-order chi connectivity index (χ0) is 19.7. The molecule has 0 aliphatic carbocycles. The van der Waals surface area contributed by atoms with Crippen molar-refractivity contribution in [3.05, 3.63) is 0 Å². The molecule has 5 nitrogen and oxygen atoms in total. The van der Waals surface area contributed by atoms with Crippen molar-refractivity contribution in [2.24, 2.45) is 17.3 Å². The number of hydrogen-bond acceptors (Lipinski definition) is 4. The molecule has 0 atom stereocenters. The van der Waals surface area contributed by atoms with Crippen LogP contribution in [0.4, 0.5) is 0 Å². The van der Waals surface area contributed by atoms with E-state index < -0.39 is 0 Å². The van der Waals surface area contributed by atoms with Gasteiger partial charge in [-0.1, -0.05) is 27.7 Å². The van der Waals surface area contributed by atoms with E-state index in [-0.39, 0.29) is 0 Å². The van der Waals surface area contributed by atoms with Gasteiger partial charge in [0.05, 0.1) is 0 Å². The minimum Gasteiger partial charge on any atom is -0.381 e. The third-order valence-electron chi connectivity index (χ3n) is 6.12. The summed E-state index contributed by atoms with van der Waals surface area (Å²) in [5.41, 5.74) is 0.633. The zero-order valence-electron chi connectivity index (χ0n) is 18.3. The molecule has 1 amide bonds. The smallest absolute Gasteiger partial charge is 0.222 e. The van der Waals surface area contributed by atoms with E-state index in [0.29, 0.717) is 23.7 Å². The van der Waals surface area contributed by atoms with Gasteiger partial charge in [0.15, 0.2) is 0 Å². The Balaban J connectivity index is 0.00000126. The second-order valence-electron chi connectivity index (χ2n) is 9.00. The van der Waals surface area contributed by atoms with Gasteiger partial charge < -0.3 is 19.9 Å². The van der Waals surface area contributed by atoms with E-state index in [2.05, 4.69) is 29.0 Å². The molecule has 0 unspecified atom stereocenters. The Morgan fingerprint density at radius 2 is 1.81 bits per heavy atom. The molecule has 27 heavy (non-hydrogen) atoms. The van der Waals surface area contributed by atoms with Crippen molar-refractivity contribution in [2.75, 3.05) is 59.0 Å². The quantitative estimate of drug-likeness (QED) is 0.624. The zero-order valence-corrected chi connectivity index (χ0v) is 18.3. The van der Waals surface area contributed by atoms with Gasteiger partial charge in [-0.05, 0) is 37.5 Å². The molecule has 0 saturated carbocycles. The Morgan fingerprint density at radius 1 is 1.15 bits per heavy atom. The summed E-state index contributed by atoms with van der Waals surface area (Å²) in [5.74, 6) is 1.80. The molecule has 3 aliphatic rings. The fraction of sp³-hybridized carbons (Fsp3) is 0.955. The molecule has 1 N–H and O–H groups in total. The van der Waals surface area contributed by atoms with Gasteiger partial charge in [-0.2, -0.15) is 0 Å². The number of hydrogen-bond donors (Lipinski definition) is 1. The van der Waals surface area contributed by atoms with Crippen LogP contribution in [0.15, 0.2) is 0 Å². The average molecular weight is 382 g/mol. The molecule has 1 spiro atoms. The predicted molar refractivity (Wildman–Crippen MR) is 112 cm³/mol. The normalized spacial score (nSPS) is 22.2. The fourth-order valence-electron chi connectivity index (χ4n) is 4.37. The second-order valence-corrected chi connectivity index (χ2v) is 9.00. The number of carbonyl (C=O) groups is 1. The number of rotatable bonds is 9. The fourth-order valence-corrected chi connectivity index (χ4v) is 4.37. The number of nitrogens with one attached hydrogen (secondary N) is 1. The minimum atomic E-state index is 0.328. The molecule has 3 saturated heterocycles. The summed E-state index contributed by atoms with van der Waals surface area (Å²) in [6, 6.07) is 0. The molecule has 3 fully saturated rings. The molecule has 0 bridgehead atoms. The number of piperidine rings is 1. The number of amides is 1. The van der Waals surface area contributed by atoms with Crippen molar-refractivity contribution in [2.45, 2.75) is 59.8 Å². The summed E-state index contributed by atoms with van der Waals surface area (Å²) in [6.45, 7) is 18.1. The standard InChI is InChI=1S/C20H37N3O2.C2H6/c1-17(2)7-11-25-10-3-4-19(24)23-8-5-18(6-9-23)12-22-15-20(16-22)13-21-14-20;1-2/h17-18,21H,3-16H2,1-2H3;1-2H3. The van der Waals surface area contributed by atoms with Crippen LogP contribution in [0.5, 0.6) is 0 Å². The molecule has 158 valence electrons. The van der Waals surface area contributed by atoms with E-state index in [1.807, 2.05) is 13.8 Å². The van der Waals surface area contributed by atoms with E-state index in [1.165, 1.54) is 45.6 Å². The van der Waals surface area contributed by atoms with Crippen LogP contribution in [0.3, 0.4) is 0 Å². The Labute approximate surface area is 167 Å². The second kappa shape index (κ2) is 11.4. The van der Waals surface area contributed by atoms with Gasteiger partial charge in [0.1, 0.15) is 0 Å². The molecular weight excluding hydrogens is 338 g/mol. The first kappa shape index (κ1) is 22.6. The van der Waals surface area contributed by atoms with E-state index in [9.17, 15) is 4.79 Å². The first-order chi connectivity index (χ1) is 13.1. The van der Waals surface area contributed by atoms with Crippen molar-refractivity contribution in [1.82, 2.24) is 15.1 Å². The van der Waals surface area contributed by atoms with Gasteiger partial charge in [0.2, 0.25) is 5.91 Å². The highest BCUT2D eigenvalue weighted by Gasteiger charge is 2.47. The van der Waals surface area contributed by atoms with Gasteiger partial charge in [0.25, 0.3) is 0 Å². The maximum absolute atomic E-state index is 12.3. The molecule has 0 aromatic carbocycles. The summed E-state index contributed by atoms with van der Waals surface area (Å²) in [6.07, 6.45) is 4.97. The van der Waals surface area contributed by atoms with Crippen molar-refractivity contribution in [1.29, 1.82) is 0 Å². The van der Waals surface area contributed by atoms with Crippen LogP contribution in [0.25, 0.3) is 0 Å². The van der Waals surface area contributed by atoms with Gasteiger partial charge in [0, 0.05) is 70.9 Å². The minimum absolute atomic E-state index is 0.328. The van der Waals surface area contributed by atoms with Gasteiger partial charge in [-0.25, -0.2) is 0 Å². The lowest BCUT2D eigenvalue weighted by Gasteiger charge is -2.57. The van der Waals surface area contributed by atoms with Crippen molar-refractivity contribution < 1.29 is 9.53 Å².